The number of hydrogen-bond acceptors (Lipinski definition) is 4. The lowest BCUT2D eigenvalue weighted by Gasteiger charge is -2.22. The van der Waals surface area contributed by atoms with Crippen LogP contribution in [0.5, 0.6) is 5.75 Å². The van der Waals surface area contributed by atoms with Crippen LogP contribution in [0.15, 0.2) is 34.9 Å². The summed E-state index contributed by atoms with van der Waals surface area (Å²) < 4.78 is 5.17. The largest absolute Gasteiger partial charge is 0.508 e. The molecule has 19 heavy (non-hydrogen) atoms. The number of rotatable bonds is 3. The van der Waals surface area contributed by atoms with Gasteiger partial charge in [-0.05, 0) is 32.4 Å². The Kier molecular flexibility index (Phi) is 3.25. The quantitative estimate of drug-likeness (QED) is 0.919. The van der Waals surface area contributed by atoms with E-state index in [9.17, 15) is 5.11 Å². The molecule has 1 aromatic heterocycles. The van der Waals surface area contributed by atoms with Crippen molar-refractivity contribution in [3.05, 3.63) is 47.3 Å². The average Bonchev–Trinajstić information content (AvgIpc) is 3.01. The Hall–Kier alpha value is -1.81. The van der Waals surface area contributed by atoms with E-state index in [0.717, 1.165) is 42.9 Å². The number of benzene rings is 1. The van der Waals surface area contributed by atoms with E-state index in [0.29, 0.717) is 11.8 Å². The first-order valence-electron chi connectivity index (χ1n) is 6.68. The highest BCUT2D eigenvalue weighted by Gasteiger charge is 2.28. The Labute approximate surface area is 112 Å². The van der Waals surface area contributed by atoms with Crippen molar-refractivity contribution in [2.24, 2.45) is 0 Å². The van der Waals surface area contributed by atoms with Crippen molar-refractivity contribution in [2.75, 3.05) is 6.54 Å². The first-order valence-corrected chi connectivity index (χ1v) is 6.68. The van der Waals surface area contributed by atoms with E-state index in [1.165, 1.54) is 0 Å². The molecule has 100 valence electrons. The maximum Gasteiger partial charge on any atom is 0.133 e. The van der Waals surface area contributed by atoms with E-state index in [-0.39, 0.29) is 0 Å². The summed E-state index contributed by atoms with van der Waals surface area (Å²) in [6, 6.07) is 9.83. The van der Waals surface area contributed by atoms with Gasteiger partial charge in [-0.1, -0.05) is 23.4 Å². The van der Waals surface area contributed by atoms with Crippen LogP contribution in [0.25, 0.3) is 0 Å². The SMILES string of the molecule is Cc1cc(C2CCCN2Cc2ccccc2O)no1. The lowest BCUT2D eigenvalue weighted by Crippen LogP contribution is -2.23. The van der Waals surface area contributed by atoms with Crippen LogP contribution < -0.4 is 0 Å². The van der Waals surface area contributed by atoms with Gasteiger partial charge in [-0.2, -0.15) is 0 Å². The average molecular weight is 258 g/mol. The van der Waals surface area contributed by atoms with Gasteiger partial charge in [0, 0.05) is 18.2 Å². The van der Waals surface area contributed by atoms with Crippen molar-refractivity contribution >= 4 is 0 Å². The van der Waals surface area contributed by atoms with E-state index in [2.05, 4.69) is 10.1 Å². The minimum Gasteiger partial charge on any atom is -0.508 e. The summed E-state index contributed by atoms with van der Waals surface area (Å²) in [6.45, 7) is 3.70. The Bertz CT molecular complexity index is 565. The highest BCUT2D eigenvalue weighted by Crippen LogP contribution is 2.33. The van der Waals surface area contributed by atoms with E-state index >= 15 is 0 Å². The van der Waals surface area contributed by atoms with Crippen molar-refractivity contribution in [3.8, 4) is 5.75 Å². The summed E-state index contributed by atoms with van der Waals surface area (Å²) in [6.07, 6.45) is 2.25. The number of likely N-dealkylation sites (tertiary alicyclic amines) is 1. The topological polar surface area (TPSA) is 49.5 Å². The first kappa shape index (κ1) is 12.2. The molecule has 1 N–H and O–H groups in total. The van der Waals surface area contributed by atoms with Crippen molar-refractivity contribution in [1.29, 1.82) is 0 Å². The standard InChI is InChI=1S/C15H18N2O2/c1-11-9-13(16-19-11)14-6-4-8-17(14)10-12-5-2-3-7-15(12)18/h2-3,5,7,9,14,18H,4,6,8,10H2,1H3. The summed E-state index contributed by atoms with van der Waals surface area (Å²) in [7, 11) is 0. The van der Waals surface area contributed by atoms with Gasteiger partial charge in [-0.25, -0.2) is 0 Å². The molecule has 1 unspecified atom stereocenters. The molecular formula is C15H18N2O2. The van der Waals surface area contributed by atoms with E-state index < -0.39 is 0 Å². The predicted molar refractivity (Wildman–Crippen MR) is 71.7 cm³/mol. The van der Waals surface area contributed by atoms with Crippen molar-refractivity contribution in [2.45, 2.75) is 32.4 Å². The molecule has 0 radical (unpaired) electrons. The highest BCUT2D eigenvalue weighted by molar-refractivity contribution is 5.31. The van der Waals surface area contributed by atoms with Gasteiger partial charge < -0.3 is 9.63 Å². The maximum atomic E-state index is 9.87. The molecule has 1 atom stereocenters. The van der Waals surface area contributed by atoms with Crippen LogP contribution in [0.4, 0.5) is 0 Å². The maximum absolute atomic E-state index is 9.87. The molecule has 2 aromatic rings. The third kappa shape index (κ3) is 2.49. The second-order valence-electron chi connectivity index (χ2n) is 5.12. The molecule has 4 heteroatoms. The highest BCUT2D eigenvalue weighted by atomic mass is 16.5. The molecule has 0 saturated carbocycles. The van der Waals surface area contributed by atoms with Crippen molar-refractivity contribution in [1.82, 2.24) is 10.1 Å². The molecule has 0 bridgehead atoms. The number of aromatic hydroxyl groups is 1. The Morgan fingerprint density at radius 2 is 2.26 bits per heavy atom. The minimum atomic E-state index is 0.303. The fourth-order valence-corrected chi connectivity index (χ4v) is 2.76. The van der Waals surface area contributed by atoms with Gasteiger partial charge in [-0.15, -0.1) is 0 Å². The third-order valence-corrected chi connectivity index (χ3v) is 3.72. The minimum absolute atomic E-state index is 0.303. The monoisotopic (exact) mass is 258 g/mol. The van der Waals surface area contributed by atoms with Crippen LogP contribution in [0.2, 0.25) is 0 Å². The summed E-state index contributed by atoms with van der Waals surface area (Å²) in [5, 5.41) is 14.0. The molecular weight excluding hydrogens is 240 g/mol. The van der Waals surface area contributed by atoms with Gasteiger partial charge in [0.1, 0.15) is 17.2 Å². The summed E-state index contributed by atoms with van der Waals surface area (Å²) in [4.78, 5) is 2.35. The molecule has 0 amide bonds. The van der Waals surface area contributed by atoms with Gasteiger partial charge in [0.05, 0.1) is 6.04 Å². The summed E-state index contributed by atoms with van der Waals surface area (Å²) >= 11 is 0. The normalized spacial score (nSPS) is 19.9. The van der Waals surface area contributed by atoms with Gasteiger partial charge in [-0.3, -0.25) is 4.90 Å². The molecule has 2 heterocycles. The molecule has 1 fully saturated rings. The summed E-state index contributed by atoms with van der Waals surface area (Å²) in [5.74, 6) is 1.22. The second kappa shape index (κ2) is 5.05. The predicted octanol–water partition coefficient (Wildman–Crippen LogP) is 3.03. The summed E-state index contributed by atoms with van der Waals surface area (Å²) in [5.41, 5.74) is 1.97. The van der Waals surface area contributed by atoms with Crippen molar-refractivity contribution < 1.29 is 9.63 Å². The van der Waals surface area contributed by atoms with Crippen LogP contribution in [-0.2, 0) is 6.54 Å². The number of phenolic OH excluding ortho intramolecular Hbond substituents is 1. The lowest BCUT2D eigenvalue weighted by atomic mass is 10.1. The lowest BCUT2D eigenvalue weighted by molar-refractivity contribution is 0.234. The molecule has 0 spiro atoms. The fraction of sp³-hybridized carbons (Fsp3) is 0.400. The van der Waals surface area contributed by atoms with E-state index in [1.54, 1.807) is 6.07 Å². The number of hydrogen-bond donors (Lipinski definition) is 1. The number of aromatic nitrogens is 1. The van der Waals surface area contributed by atoms with E-state index in [4.69, 9.17) is 4.52 Å². The molecule has 1 aliphatic heterocycles. The molecule has 0 aliphatic carbocycles. The van der Waals surface area contributed by atoms with Crippen LogP contribution in [0, 0.1) is 6.92 Å². The molecule has 1 aliphatic rings. The van der Waals surface area contributed by atoms with Crippen LogP contribution in [0.3, 0.4) is 0 Å². The number of aryl methyl sites for hydroxylation is 1. The van der Waals surface area contributed by atoms with Crippen LogP contribution in [-0.4, -0.2) is 21.7 Å². The number of nitrogens with zero attached hydrogens (tertiary/aromatic N) is 2. The third-order valence-electron chi connectivity index (χ3n) is 3.72. The van der Waals surface area contributed by atoms with Gasteiger partial charge >= 0.3 is 0 Å². The van der Waals surface area contributed by atoms with Crippen LogP contribution >= 0.6 is 0 Å². The van der Waals surface area contributed by atoms with Crippen LogP contribution in [0.1, 0.15) is 35.9 Å². The Morgan fingerprint density at radius 1 is 1.42 bits per heavy atom. The molecule has 3 rings (SSSR count). The number of phenols is 1. The molecule has 4 nitrogen and oxygen atoms in total. The van der Waals surface area contributed by atoms with Crippen molar-refractivity contribution in [3.63, 3.8) is 0 Å². The van der Waals surface area contributed by atoms with Gasteiger partial charge in [0.15, 0.2) is 0 Å². The molecule has 1 aromatic carbocycles. The second-order valence-corrected chi connectivity index (χ2v) is 5.12. The van der Waals surface area contributed by atoms with Gasteiger partial charge in [0.25, 0.3) is 0 Å². The zero-order chi connectivity index (χ0) is 13.2. The van der Waals surface area contributed by atoms with Gasteiger partial charge in [0.2, 0.25) is 0 Å². The Morgan fingerprint density at radius 3 is 3.00 bits per heavy atom. The number of para-hydroxylation sites is 1. The first-order chi connectivity index (χ1) is 9.24. The zero-order valence-electron chi connectivity index (χ0n) is 11.0. The van der Waals surface area contributed by atoms with E-state index in [1.807, 2.05) is 31.2 Å². The molecule has 1 saturated heterocycles. The zero-order valence-corrected chi connectivity index (χ0v) is 11.0. The fourth-order valence-electron chi connectivity index (χ4n) is 2.76. The smallest absolute Gasteiger partial charge is 0.133 e. The Balaban J connectivity index is 1.79.